The fourth-order valence-electron chi connectivity index (χ4n) is 3.82. The van der Waals surface area contributed by atoms with Gasteiger partial charge in [-0.1, -0.05) is 5.16 Å². The van der Waals surface area contributed by atoms with Crippen molar-refractivity contribution >= 4 is 17.0 Å². The van der Waals surface area contributed by atoms with E-state index in [4.69, 9.17) is 4.52 Å². The molecule has 10 nitrogen and oxygen atoms in total. The van der Waals surface area contributed by atoms with E-state index < -0.39 is 17.8 Å². The van der Waals surface area contributed by atoms with Crippen LogP contribution in [0.15, 0.2) is 29.1 Å². The van der Waals surface area contributed by atoms with Crippen molar-refractivity contribution in [3.05, 3.63) is 35.9 Å². The van der Waals surface area contributed by atoms with Gasteiger partial charge in [-0.25, -0.2) is 15.0 Å². The number of anilines is 1. The van der Waals surface area contributed by atoms with E-state index in [0.29, 0.717) is 47.5 Å². The van der Waals surface area contributed by atoms with Crippen LogP contribution in [0.3, 0.4) is 0 Å². The molecule has 1 aliphatic rings. The van der Waals surface area contributed by atoms with Gasteiger partial charge in [-0.05, 0) is 25.5 Å². The monoisotopic (exact) mass is 460 g/mol. The first-order valence-electron chi connectivity index (χ1n) is 10.2. The van der Waals surface area contributed by atoms with Crippen LogP contribution in [0.25, 0.3) is 33.7 Å². The van der Waals surface area contributed by atoms with E-state index in [1.165, 1.54) is 6.26 Å². The number of β-amino-alcohol motifs (C(OH)–C–C–N with tert-alkyl or cyclic N) is 1. The number of fused-ring (bicyclic) bond motifs is 1. The zero-order valence-corrected chi connectivity index (χ0v) is 17.3. The second kappa shape index (κ2) is 8.08. The second-order valence-corrected chi connectivity index (χ2v) is 7.82. The number of pyridine rings is 1. The Kier molecular flexibility index (Phi) is 5.21. The van der Waals surface area contributed by atoms with Crippen molar-refractivity contribution < 1.29 is 22.8 Å². The summed E-state index contributed by atoms with van der Waals surface area (Å²) in [6.45, 7) is 2.74. The molecule has 33 heavy (non-hydrogen) atoms. The molecule has 0 bridgehead atoms. The molecule has 1 saturated heterocycles. The maximum absolute atomic E-state index is 13.8. The molecule has 5 heterocycles. The molecule has 13 heteroatoms. The zero-order valence-electron chi connectivity index (χ0n) is 17.3. The first kappa shape index (κ1) is 21.3. The number of nitrogens with one attached hydrogen (secondary N) is 3. The van der Waals surface area contributed by atoms with E-state index in [2.05, 4.69) is 40.9 Å². The van der Waals surface area contributed by atoms with Crippen molar-refractivity contribution in [1.29, 1.82) is 0 Å². The number of aliphatic hydroxyl groups is 1. The number of hydrogen-bond donors (Lipinski definition) is 4. The van der Waals surface area contributed by atoms with Crippen molar-refractivity contribution in [3.8, 4) is 22.6 Å². The van der Waals surface area contributed by atoms with Gasteiger partial charge in [0.25, 0.3) is 0 Å². The summed E-state index contributed by atoms with van der Waals surface area (Å²) in [6, 6.07) is 3.05. The van der Waals surface area contributed by atoms with Crippen LogP contribution < -0.4 is 10.6 Å². The van der Waals surface area contributed by atoms with Crippen LogP contribution in [0.2, 0.25) is 0 Å². The van der Waals surface area contributed by atoms with Gasteiger partial charge < -0.3 is 20.3 Å². The third-order valence-electron chi connectivity index (χ3n) is 5.43. The first-order valence-corrected chi connectivity index (χ1v) is 10.2. The molecule has 4 aromatic rings. The van der Waals surface area contributed by atoms with Crippen LogP contribution in [-0.4, -0.2) is 60.6 Å². The zero-order chi connectivity index (χ0) is 23.2. The molecule has 0 radical (unpaired) electrons. The number of hydrogen-bond acceptors (Lipinski definition) is 9. The van der Waals surface area contributed by atoms with Gasteiger partial charge in [0.1, 0.15) is 23.2 Å². The number of H-pyrrole nitrogens is 1. The molecule has 5 rings (SSSR count). The predicted octanol–water partition coefficient (Wildman–Crippen LogP) is 2.53. The Balaban J connectivity index is 1.56. The third-order valence-corrected chi connectivity index (χ3v) is 5.43. The Hall–Kier alpha value is -3.58. The summed E-state index contributed by atoms with van der Waals surface area (Å²) in [5, 5.41) is 26.8. The lowest BCUT2D eigenvalue weighted by Crippen LogP contribution is -2.46. The Morgan fingerprint density at radius 3 is 2.76 bits per heavy atom. The van der Waals surface area contributed by atoms with Gasteiger partial charge in [-0.2, -0.15) is 18.3 Å². The normalized spacial score (nSPS) is 19.2. The lowest BCUT2D eigenvalue weighted by molar-refractivity contribution is -0.137. The van der Waals surface area contributed by atoms with E-state index in [1.807, 2.05) is 0 Å². The number of piperidine rings is 1. The summed E-state index contributed by atoms with van der Waals surface area (Å²) in [4.78, 5) is 12.4. The lowest BCUT2D eigenvalue weighted by Gasteiger charge is -2.27. The van der Waals surface area contributed by atoms with Gasteiger partial charge in [0.15, 0.2) is 5.65 Å². The van der Waals surface area contributed by atoms with E-state index in [0.717, 1.165) is 6.20 Å². The summed E-state index contributed by atoms with van der Waals surface area (Å²) < 4.78 is 46.2. The summed E-state index contributed by atoms with van der Waals surface area (Å²) in [6.07, 6.45) is -2.64. The molecule has 2 atom stereocenters. The Morgan fingerprint density at radius 2 is 2.03 bits per heavy atom. The number of alkyl halides is 3. The lowest BCUT2D eigenvalue weighted by atomic mass is 10.1. The predicted molar refractivity (Wildman–Crippen MR) is 111 cm³/mol. The molecule has 1 aliphatic heterocycles. The van der Waals surface area contributed by atoms with Gasteiger partial charge in [0, 0.05) is 30.7 Å². The molecular formula is C20H19F3N8O2. The van der Waals surface area contributed by atoms with Crippen LogP contribution in [0.5, 0.6) is 0 Å². The average Bonchev–Trinajstić information content (AvgIpc) is 3.38. The van der Waals surface area contributed by atoms with Crippen LogP contribution in [0.1, 0.15) is 17.7 Å². The van der Waals surface area contributed by atoms with Gasteiger partial charge in [-0.3, -0.25) is 5.10 Å². The molecule has 0 amide bonds. The fourth-order valence-corrected chi connectivity index (χ4v) is 3.82. The van der Waals surface area contributed by atoms with E-state index in [9.17, 15) is 18.3 Å². The number of aromatic nitrogens is 6. The summed E-state index contributed by atoms with van der Waals surface area (Å²) in [5.41, 5.74) is 0.764. The number of halogens is 3. The van der Waals surface area contributed by atoms with Gasteiger partial charge in [0.2, 0.25) is 5.95 Å². The van der Waals surface area contributed by atoms with Crippen molar-refractivity contribution in [2.24, 2.45) is 0 Å². The van der Waals surface area contributed by atoms with E-state index in [-0.39, 0.29) is 23.4 Å². The van der Waals surface area contributed by atoms with Crippen LogP contribution >= 0.6 is 0 Å². The standard InChI is InChI=1S/C20H19F3N8O2/c1-9-13(8-33-31-9)15-3-2-12-16(29-30-18(12)27-15)17-14(20(21,22)23)7-25-19(28-17)26-10-4-11(32)6-24-5-10/h2-3,7-8,10-11,24,32H,4-6H2,1H3,(H,25,26,28)(H,27,29,30)/t10-,11+/m0/s1. The summed E-state index contributed by atoms with van der Waals surface area (Å²) in [7, 11) is 0. The second-order valence-electron chi connectivity index (χ2n) is 7.82. The number of rotatable bonds is 4. The molecule has 172 valence electrons. The van der Waals surface area contributed by atoms with E-state index in [1.54, 1.807) is 19.1 Å². The molecule has 4 N–H and O–H groups in total. The number of aromatic amines is 1. The molecule has 4 aromatic heterocycles. The molecule has 0 aliphatic carbocycles. The highest BCUT2D eigenvalue weighted by atomic mass is 19.4. The Morgan fingerprint density at radius 1 is 1.18 bits per heavy atom. The number of nitrogens with zero attached hydrogens (tertiary/aromatic N) is 5. The maximum Gasteiger partial charge on any atom is 0.420 e. The van der Waals surface area contributed by atoms with Crippen LogP contribution in [0.4, 0.5) is 19.1 Å². The molecule has 0 aromatic carbocycles. The highest BCUT2D eigenvalue weighted by Crippen LogP contribution is 2.38. The quantitative estimate of drug-likeness (QED) is 0.362. The van der Waals surface area contributed by atoms with Crippen LogP contribution in [-0.2, 0) is 6.18 Å². The topological polar surface area (TPSA) is 138 Å². The average molecular weight is 460 g/mol. The van der Waals surface area contributed by atoms with Crippen molar-refractivity contribution in [2.45, 2.75) is 31.7 Å². The Bertz CT molecular complexity index is 1300. The first-order chi connectivity index (χ1) is 15.8. The molecular weight excluding hydrogens is 441 g/mol. The maximum atomic E-state index is 13.8. The van der Waals surface area contributed by atoms with Crippen molar-refractivity contribution in [2.75, 3.05) is 18.4 Å². The summed E-state index contributed by atoms with van der Waals surface area (Å²) >= 11 is 0. The Labute approximate surface area is 184 Å². The van der Waals surface area contributed by atoms with Crippen molar-refractivity contribution in [3.63, 3.8) is 0 Å². The number of aliphatic hydroxyl groups excluding tert-OH is 1. The van der Waals surface area contributed by atoms with Gasteiger partial charge in [0.05, 0.1) is 23.1 Å². The minimum absolute atomic E-state index is 0.00525. The SMILES string of the molecule is Cc1nocc1-c1ccc2c(-c3nc(N[C@@H]4CNC[C@H](O)C4)ncc3C(F)(F)F)n[nH]c2n1. The third kappa shape index (κ3) is 4.12. The number of aryl methyl sites for hydroxylation is 1. The molecule has 1 fully saturated rings. The molecule has 0 saturated carbocycles. The molecule has 0 spiro atoms. The fraction of sp³-hybridized carbons (Fsp3) is 0.350. The van der Waals surface area contributed by atoms with Crippen LogP contribution in [0, 0.1) is 6.92 Å². The minimum Gasteiger partial charge on any atom is -0.392 e. The van der Waals surface area contributed by atoms with Gasteiger partial charge in [-0.15, -0.1) is 0 Å². The van der Waals surface area contributed by atoms with Crippen molar-refractivity contribution in [1.82, 2.24) is 35.6 Å². The highest BCUT2D eigenvalue weighted by molar-refractivity contribution is 5.92. The largest absolute Gasteiger partial charge is 0.420 e. The van der Waals surface area contributed by atoms with Gasteiger partial charge >= 0.3 is 6.18 Å². The summed E-state index contributed by atoms with van der Waals surface area (Å²) in [5.74, 6) is 0.0136. The molecule has 0 unspecified atom stereocenters. The highest BCUT2D eigenvalue weighted by Gasteiger charge is 2.37. The minimum atomic E-state index is -4.69. The van der Waals surface area contributed by atoms with E-state index >= 15 is 0 Å². The smallest absolute Gasteiger partial charge is 0.392 e.